The predicted octanol–water partition coefficient (Wildman–Crippen LogP) is 4.46. The first-order valence-electron chi connectivity index (χ1n) is 8.23. The van der Waals surface area contributed by atoms with Gasteiger partial charge in [-0.1, -0.05) is 23.8 Å². The number of rotatable bonds is 6. The van der Waals surface area contributed by atoms with E-state index in [4.69, 9.17) is 9.84 Å². The van der Waals surface area contributed by atoms with Gasteiger partial charge < -0.3 is 15.2 Å². The van der Waals surface area contributed by atoms with Crippen molar-refractivity contribution in [2.24, 2.45) is 0 Å². The summed E-state index contributed by atoms with van der Waals surface area (Å²) in [5.74, 6) is -0.114. The summed E-state index contributed by atoms with van der Waals surface area (Å²) in [5.41, 5.74) is 4.23. The van der Waals surface area contributed by atoms with E-state index in [0.717, 1.165) is 33.5 Å². The smallest absolute Gasteiger partial charge is 0.335 e. The molecule has 0 amide bonds. The van der Waals surface area contributed by atoms with E-state index < -0.39 is 5.97 Å². The van der Waals surface area contributed by atoms with Gasteiger partial charge in [0.05, 0.1) is 30.1 Å². The summed E-state index contributed by atoms with van der Waals surface area (Å²) in [5, 5.41) is 13.3. The van der Waals surface area contributed by atoms with E-state index in [0.29, 0.717) is 6.54 Å². The Hall–Kier alpha value is -3.34. The van der Waals surface area contributed by atoms with Gasteiger partial charge in [-0.15, -0.1) is 0 Å². The average molecular weight is 348 g/mol. The highest BCUT2D eigenvalue weighted by Gasteiger charge is 2.02. The maximum atomic E-state index is 10.9. The third kappa shape index (κ3) is 4.19. The summed E-state index contributed by atoms with van der Waals surface area (Å²) < 4.78 is 5.26. The van der Waals surface area contributed by atoms with Crippen molar-refractivity contribution < 1.29 is 14.6 Å². The van der Waals surface area contributed by atoms with E-state index in [2.05, 4.69) is 10.3 Å². The van der Waals surface area contributed by atoms with Gasteiger partial charge in [0.1, 0.15) is 5.75 Å². The molecule has 0 unspecified atom stereocenters. The quantitative estimate of drug-likeness (QED) is 0.688. The fraction of sp³-hybridized carbons (Fsp3) is 0.143. The standard InChI is InChI=1S/C21H20N2O3/c1-14(9-15-3-5-16(6-4-15)21(24)25)12-22-18-10-17-11-19(26-2)7-8-20(17)23-13-18/h3-11,13,22H,12H2,1-2H3,(H,24,25). The van der Waals surface area contributed by atoms with Crippen molar-refractivity contribution in [2.45, 2.75) is 6.92 Å². The number of benzene rings is 2. The number of methoxy groups -OCH3 is 1. The molecule has 5 heteroatoms. The van der Waals surface area contributed by atoms with Crippen LogP contribution in [0.25, 0.3) is 17.0 Å². The molecule has 0 atom stereocenters. The van der Waals surface area contributed by atoms with Gasteiger partial charge in [0.2, 0.25) is 0 Å². The van der Waals surface area contributed by atoms with Crippen molar-refractivity contribution >= 4 is 28.6 Å². The topological polar surface area (TPSA) is 71.5 Å². The third-order valence-electron chi connectivity index (χ3n) is 4.03. The van der Waals surface area contributed by atoms with Crippen LogP contribution in [-0.4, -0.2) is 29.7 Å². The number of hydrogen-bond acceptors (Lipinski definition) is 4. The maximum Gasteiger partial charge on any atom is 0.335 e. The van der Waals surface area contributed by atoms with E-state index in [9.17, 15) is 4.79 Å². The minimum Gasteiger partial charge on any atom is -0.497 e. The van der Waals surface area contributed by atoms with E-state index in [1.54, 1.807) is 31.4 Å². The Bertz CT molecular complexity index is 963. The molecule has 0 bridgehead atoms. The number of fused-ring (bicyclic) bond motifs is 1. The van der Waals surface area contributed by atoms with Crippen molar-refractivity contribution in [1.82, 2.24) is 4.98 Å². The number of aromatic carboxylic acids is 1. The molecule has 0 aliphatic carbocycles. The van der Waals surface area contributed by atoms with Crippen LogP contribution < -0.4 is 10.1 Å². The van der Waals surface area contributed by atoms with Crippen LogP contribution >= 0.6 is 0 Å². The Morgan fingerprint density at radius 3 is 2.65 bits per heavy atom. The first-order chi connectivity index (χ1) is 12.5. The minimum atomic E-state index is -0.917. The number of pyridine rings is 1. The second kappa shape index (κ2) is 7.70. The molecule has 0 aliphatic heterocycles. The molecule has 5 nitrogen and oxygen atoms in total. The maximum absolute atomic E-state index is 10.9. The summed E-state index contributed by atoms with van der Waals surface area (Å²) >= 11 is 0. The summed E-state index contributed by atoms with van der Waals surface area (Å²) in [6.45, 7) is 2.69. The first kappa shape index (κ1) is 17.5. The number of aromatic nitrogens is 1. The number of hydrogen-bond donors (Lipinski definition) is 2. The van der Waals surface area contributed by atoms with Crippen LogP contribution in [0.4, 0.5) is 5.69 Å². The highest BCUT2D eigenvalue weighted by molar-refractivity contribution is 5.87. The second-order valence-corrected chi connectivity index (χ2v) is 6.05. The molecular weight excluding hydrogens is 328 g/mol. The second-order valence-electron chi connectivity index (χ2n) is 6.05. The van der Waals surface area contributed by atoms with Gasteiger partial charge >= 0.3 is 5.97 Å². The van der Waals surface area contributed by atoms with Crippen molar-refractivity contribution in [3.8, 4) is 5.75 Å². The fourth-order valence-electron chi connectivity index (χ4n) is 2.63. The lowest BCUT2D eigenvalue weighted by Crippen LogP contribution is -2.03. The van der Waals surface area contributed by atoms with Gasteiger partial charge in [0.25, 0.3) is 0 Å². The van der Waals surface area contributed by atoms with Gasteiger partial charge in [0, 0.05) is 11.9 Å². The molecule has 2 N–H and O–H groups in total. The summed E-state index contributed by atoms with van der Waals surface area (Å²) in [6, 6.07) is 14.6. The zero-order valence-electron chi connectivity index (χ0n) is 14.7. The molecule has 0 saturated carbocycles. The van der Waals surface area contributed by atoms with Gasteiger partial charge in [-0.05, 0) is 48.9 Å². The molecule has 132 valence electrons. The van der Waals surface area contributed by atoms with Crippen LogP contribution in [-0.2, 0) is 0 Å². The third-order valence-corrected chi connectivity index (χ3v) is 4.03. The lowest BCUT2D eigenvalue weighted by atomic mass is 10.1. The molecule has 26 heavy (non-hydrogen) atoms. The molecule has 0 fully saturated rings. The van der Waals surface area contributed by atoms with Gasteiger partial charge in [-0.3, -0.25) is 4.98 Å². The van der Waals surface area contributed by atoms with Crippen LogP contribution in [0.2, 0.25) is 0 Å². The number of anilines is 1. The molecule has 1 aromatic heterocycles. The number of carbonyl (C=O) groups is 1. The Labute approximate surface area is 152 Å². The predicted molar refractivity (Wildman–Crippen MR) is 104 cm³/mol. The highest BCUT2D eigenvalue weighted by atomic mass is 16.5. The lowest BCUT2D eigenvalue weighted by molar-refractivity contribution is 0.0697. The Kier molecular flexibility index (Phi) is 5.17. The molecule has 0 spiro atoms. The molecule has 0 saturated heterocycles. The SMILES string of the molecule is COc1ccc2ncc(NCC(C)=Cc3ccc(C(=O)O)cc3)cc2c1. The molecule has 0 aliphatic rings. The highest BCUT2D eigenvalue weighted by Crippen LogP contribution is 2.22. The van der Waals surface area contributed by atoms with Crippen LogP contribution in [0.5, 0.6) is 5.75 Å². The Morgan fingerprint density at radius 1 is 1.19 bits per heavy atom. The van der Waals surface area contributed by atoms with Crippen molar-refractivity contribution in [3.05, 3.63) is 71.4 Å². The Morgan fingerprint density at radius 2 is 1.96 bits per heavy atom. The first-order valence-corrected chi connectivity index (χ1v) is 8.23. The largest absolute Gasteiger partial charge is 0.497 e. The number of carboxylic acid groups (broad SMARTS) is 1. The lowest BCUT2D eigenvalue weighted by Gasteiger charge is -2.09. The molecule has 2 aromatic carbocycles. The van der Waals surface area contributed by atoms with Crippen LogP contribution in [0, 0.1) is 0 Å². The number of nitrogens with one attached hydrogen (secondary N) is 1. The molecule has 3 aromatic rings. The number of nitrogens with zero attached hydrogens (tertiary/aromatic N) is 1. The fourth-order valence-corrected chi connectivity index (χ4v) is 2.63. The van der Waals surface area contributed by atoms with Crippen molar-refractivity contribution in [2.75, 3.05) is 19.0 Å². The van der Waals surface area contributed by atoms with Crippen molar-refractivity contribution in [1.29, 1.82) is 0 Å². The molecule has 3 rings (SSSR count). The molecular formula is C21H20N2O3. The van der Waals surface area contributed by atoms with E-state index in [1.165, 1.54) is 0 Å². The normalized spacial score (nSPS) is 11.4. The van der Waals surface area contributed by atoms with Crippen LogP contribution in [0.3, 0.4) is 0 Å². The van der Waals surface area contributed by atoms with E-state index in [1.807, 2.05) is 43.5 Å². The van der Waals surface area contributed by atoms with Crippen LogP contribution in [0.15, 0.2) is 60.3 Å². The van der Waals surface area contributed by atoms with E-state index >= 15 is 0 Å². The summed E-state index contributed by atoms with van der Waals surface area (Å²) in [6.07, 6.45) is 3.83. The molecule has 1 heterocycles. The van der Waals surface area contributed by atoms with Crippen molar-refractivity contribution in [3.63, 3.8) is 0 Å². The average Bonchev–Trinajstić information content (AvgIpc) is 2.66. The van der Waals surface area contributed by atoms with Gasteiger partial charge in [-0.2, -0.15) is 0 Å². The van der Waals surface area contributed by atoms with Gasteiger partial charge in [0.15, 0.2) is 0 Å². The van der Waals surface area contributed by atoms with Gasteiger partial charge in [-0.25, -0.2) is 4.79 Å². The Balaban J connectivity index is 1.69. The minimum absolute atomic E-state index is 0.288. The summed E-state index contributed by atoms with van der Waals surface area (Å²) in [4.78, 5) is 15.3. The zero-order valence-corrected chi connectivity index (χ0v) is 14.7. The summed E-state index contributed by atoms with van der Waals surface area (Å²) in [7, 11) is 1.65. The monoisotopic (exact) mass is 348 g/mol. The van der Waals surface area contributed by atoms with Crippen LogP contribution in [0.1, 0.15) is 22.8 Å². The number of ether oxygens (including phenoxy) is 1. The van der Waals surface area contributed by atoms with E-state index in [-0.39, 0.29) is 5.56 Å². The molecule has 0 radical (unpaired) electrons. The zero-order chi connectivity index (χ0) is 18.5. The number of carboxylic acids is 1.